The summed E-state index contributed by atoms with van der Waals surface area (Å²) in [6, 6.07) is 29.8. The Kier molecular flexibility index (Phi) is 6.15. The van der Waals surface area contributed by atoms with E-state index in [0.717, 1.165) is 49.2 Å². The van der Waals surface area contributed by atoms with E-state index in [-0.39, 0.29) is 11.8 Å². The van der Waals surface area contributed by atoms with Crippen molar-refractivity contribution < 1.29 is 4.79 Å². The van der Waals surface area contributed by atoms with Gasteiger partial charge in [-0.2, -0.15) is 0 Å². The highest BCUT2D eigenvalue weighted by Gasteiger charge is 2.26. The van der Waals surface area contributed by atoms with E-state index in [2.05, 4.69) is 75.4 Å². The van der Waals surface area contributed by atoms with Gasteiger partial charge in [-0.1, -0.05) is 78.9 Å². The van der Waals surface area contributed by atoms with Gasteiger partial charge in [0.05, 0.1) is 6.04 Å². The van der Waals surface area contributed by atoms with Gasteiger partial charge < -0.3 is 9.88 Å². The van der Waals surface area contributed by atoms with Crippen LogP contribution in [0.4, 0.5) is 0 Å². The fraction of sp³-hybridized carbons (Fsp3) is 0.250. The minimum Gasteiger partial charge on any atom is -0.360 e. The quantitative estimate of drug-likeness (QED) is 0.418. The van der Waals surface area contributed by atoms with E-state index < -0.39 is 0 Å². The molecule has 0 saturated carbocycles. The predicted molar refractivity (Wildman–Crippen MR) is 130 cm³/mol. The number of hydrogen-bond acceptors (Lipinski definition) is 3. The Morgan fingerprint density at radius 3 is 2.03 bits per heavy atom. The number of carbonyl (C=O) groups is 1. The number of H-pyrrole nitrogens is 1. The number of rotatable bonds is 7. The second kappa shape index (κ2) is 9.51. The summed E-state index contributed by atoms with van der Waals surface area (Å²) in [4.78, 5) is 21.1. The summed E-state index contributed by atoms with van der Waals surface area (Å²) in [5.41, 5.74) is 4.51. The van der Waals surface area contributed by atoms with E-state index in [4.69, 9.17) is 0 Å². The van der Waals surface area contributed by atoms with Crippen molar-refractivity contribution in [1.29, 1.82) is 0 Å². The molecule has 1 aliphatic rings. The molecule has 1 fully saturated rings. The molecule has 4 nitrogen and oxygen atoms in total. The number of nitrogens with zero attached hydrogens (tertiary/aromatic N) is 2. The lowest BCUT2D eigenvalue weighted by molar-refractivity contribution is 0.0894. The summed E-state index contributed by atoms with van der Waals surface area (Å²) in [5, 5.41) is 1.02. The molecule has 0 radical (unpaired) electrons. The maximum absolute atomic E-state index is 12.8. The van der Waals surface area contributed by atoms with Crippen LogP contribution in [0.1, 0.15) is 33.9 Å². The number of para-hydroxylation sites is 1. The Morgan fingerprint density at radius 2 is 1.38 bits per heavy atom. The van der Waals surface area contributed by atoms with Gasteiger partial charge in [-0.15, -0.1) is 0 Å². The van der Waals surface area contributed by atoms with Gasteiger partial charge in [0.1, 0.15) is 0 Å². The van der Waals surface area contributed by atoms with Crippen molar-refractivity contribution in [2.24, 2.45) is 0 Å². The second-order valence-electron chi connectivity index (χ2n) is 8.52. The van der Waals surface area contributed by atoms with Crippen LogP contribution in [0.3, 0.4) is 0 Å². The fourth-order valence-electron chi connectivity index (χ4n) is 4.83. The number of aromatic amines is 1. The lowest BCUT2D eigenvalue weighted by Gasteiger charge is -2.39. The van der Waals surface area contributed by atoms with Crippen LogP contribution >= 0.6 is 0 Å². The number of carbonyl (C=O) groups excluding carboxylic acids is 1. The molecule has 5 rings (SSSR count). The smallest absolute Gasteiger partial charge is 0.166 e. The SMILES string of the molecule is O=C(CCN1CCN(C(c2ccccc2)c2ccccc2)CC1)c1c[nH]c2ccccc12. The molecule has 162 valence electrons. The number of ketones is 1. The average molecular weight is 424 g/mol. The number of fused-ring (bicyclic) bond motifs is 1. The first-order valence-corrected chi connectivity index (χ1v) is 11.5. The summed E-state index contributed by atoms with van der Waals surface area (Å²) < 4.78 is 0. The molecule has 1 saturated heterocycles. The molecule has 32 heavy (non-hydrogen) atoms. The second-order valence-corrected chi connectivity index (χ2v) is 8.52. The molecule has 1 N–H and O–H groups in total. The van der Waals surface area contributed by atoms with Crippen molar-refractivity contribution in [2.75, 3.05) is 32.7 Å². The van der Waals surface area contributed by atoms with Crippen molar-refractivity contribution in [2.45, 2.75) is 12.5 Å². The summed E-state index contributed by atoms with van der Waals surface area (Å²) >= 11 is 0. The van der Waals surface area contributed by atoms with Crippen molar-refractivity contribution in [1.82, 2.24) is 14.8 Å². The van der Waals surface area contributed by atoms with Gasteiger partial charge in [0.15, 0.2) is 5.78 Å². The van der Waals surface area contributed by atoms with Crippen LogP contribution in [0.25, 0.3) is 10.9 Å². The molecule has 1 aliphatic heterocycles. The topological polar surface area (TPSA) is 39.3 Å². The van der Waals surface area contributed by atoms with Crippen molar-refractivity contribution in [3.8, 4) is 0 Å². The first kappa shape index (κ1) is 20.7. The molecule has 4 heteroatoms. The number of Topliss-reactive ketones (excluding diaryl/α,β-unsaturated/α-hetero) is 1. The number of benzene rings is 3. The number of piperazine rings is 1. The van der Waals surface area contributed by atoms with Gasteiger partial charge in [0.2, 0.25) is 0 Å². The van der Waals surface area contributed by atoms with Crippen LogP contribution < -0.4 is 0 Å². The van der Waals surface area contributed by atoms with Gasteiger partial charge >= 0.3 is 0 Å². The van der Waals surface area contributed by atoms with Gasteiger partial charge in [-0.25, -0.2) is 0 Å². The van der Waals surface area contributed by atoms with E-state index in [9.17, 15) is 4.79 Å². The number of aromatic nitrogens is 1. The van der Waals surface area contributed by atoms with Crippen LogP contribution in [0.5, 0.6) is 0 Å². The highest BCUT2D eigenvalue weighted by atomic mass is 16.1. The van der Waals surface area contributed by atoms with Crippen molar-refractivity contribution >= 4 is 16.7 Å². The van der Waals surface area contributed by atoms with E-state index in [1.54, 1.807) is 0 Å². The van der Waals surface area contributed by atoms with E-state index in [1.807, 2.05) is 30.5 Å². The molecular weight excluding hydrogens is 394 g/mol. The molecule has 0 aliphatic carbocycles. The Hall–Kier alpha value is -3.21. The third-order valence-electron chi connectivity index (χ3n) is 6.55. The minimum absolute atomic E-state index is 0.219. The first-order valence-electron chi connectivity index (χ1n) is 11.5. The lowest BCUT2D eigenvalue weighted by atomic mass is 9.96. The number of nitrogens with one attached hydrogen (secondary N) is 1. The molecule has 3 aromatic carbocycles. The average Bonchev–Trinajstić information content (AvgIpc) is 3.29. The highest BCUT2D eigenvalue weighted by molar-refractivity contribution is 6.07. The molecule has 4 aromatic rings. The predicted octanol–water partition coefficient (Wildman–Crippen LogP) is 5.15. The third-order valence-corrected chi connectivity index (χ3v) is 6.55. The first-order chi connectivity index (χ1) is 15.8. The summed E-state index contributed by atoms with van der Waals surface area (Å²) in [6.07, 6.45) is 2.41. The van der Waals surface area contributed by atoms with Crippen LogP contribution in [-0.2, 0) is 0 Å². The van der Waals surface area contributed by atoms with Crippen LogP contribution in [0.2, 0.25) is 0 Å². The van der Waals surface area contributed by atoms with E-state index in [1.165, 1.54) is 11.1 Å². The minimum atomic E-state index is 0.219. The monoisotopic (exact) mass is 423 g/mol. The zero-order chi connectivity index (χ0) is 21.8. The van der Waals surface area contributed by atoms with Crippen LogP contribution in [0, 0.1) is 0 Å². The molecule has 0 bridgehead atoms. The summed E-state index contributed by atoms with van der Waals surface area (Å²) in [7, 11) is 0. The highest BCUT2D eigenvalue weighted by Crippen LogP contribution is 2.29. The lowest BCUT2D eigenvalue weighted by Crippen LogP contribution is -2.48. The summed E-state index contributed by atoms with van der Waals surface area (Å²) in [6.45, 7) is 4.77. The normalized spacial score (nSPS) is 15.4. The van der Waals surface area contributed by atoms with Crippen LogP contribution in [0.15, 0.2) is 91.1 Å². The molecule has 0 atom stereocenters. The van der Waals surface area contributed by atoms with Crippen LogP contribution in [-0.4, -0.2) is 53.3 Å². The molecule has 0 spiro atoms. The Bertz CT molecular complexity index is 1120. The Labute approximate surface area is 189 Å². The third kappa shape index (κ3) is 4.38. The molecule has 0 unspecified atom stereocenters. The van der Waals surface area contributed by atoms with Gasteiger partial charge in [-0.05, 0) is 17.2 Å². The van der Waals surface area contributed by atoms with Crippen molar-refractivity contribution in [3.63, 3.8) is 0 Å². The maximum atomic E-state index is 12.8. The van der Waals surface area contributed by atoms with Gasteiger partial charge in [0, 0.05) is 61.8 Å². The van der Waals surface area contributed by atoms with Crippen molar-refractivity contribution in [3.05, 3.63) is 108 Å². The summed E-state index contributed by atoms with van der Waals surface area (Å²) in [5.74, 6) is 0.219. The standard InChI is InChI=1S/C28H29N3O/c32-27(25-21-29-26-14-8-7-13-24(25)26)15-16-30-17-19-31(20-18-30)28(22-9-3-1-4-10-22)23-11-5-2-6-12-23/h1-14,21,28-29H,15-20H2. The molecule has 1 aromatic heterocycles. The zero-order valence-electron chi connectivity index (χ0n) is 18.3. The van der Waals surface area contributed by atoms with Gasteiger partial charge in [-0.3, -0.25) is 9.69 Å². The van der Waals surface area contributed by atoms with Gasteiger partial charge in [0.25, 0.3) is 0 Å². The zero-order valence-corrected chi connectivity index (χ0v) is 18.3. The number of hydrogen-bond donors (Lipinski definition) is 1. The van der Waals surface area contributed by atoms with E-state index in [0.29, 0.717) is 6.42 Å². The fourth-order valence-corrected chi connectivity index (χ4v) is 4.83. The van der Waals surface area contributed by atoms with E-state index >= 15 is 0 Å². The molecule has 2 heterocycles. The molecular formula is C28H29N3O. The largest absolute Gasteiger partial charge is 0.360 e. The maximum Gasteiger partial charge on any atom is 0.166 e. The molecule has 0 amide bonds. The Morgan fingerprint density at radius 1 is 0.781 bits per heavy atom. The Balaban J connectivity index is 1.22.